The fourth-order valence-corrected chi connectivity index (χ4v) is 4.33. The number of likely N-dealkylation sites (tertiary alicyclic amines) is 1. The Labute approximate surface area is 204 Å². The summed E-state index contributed by atoms with van der Waals surface area (Å²) in [4.78, 5) is 34.4. The monoisotopic (exact) mass is 499 g/mol. The molecule has 0 aliphatic carbocycles. The molecule has 1 atom stereocenters. The summed E-state index contributed by atoms with van der Waals surface area (Å²) in [7, 11) is 0. The molecular weight excluding hydrogens is 463 g/mol. The highest BCUT2D eigenvalue weighted by Gasteiger charge is 2.36. The van der Waals surface area contributed by atoms with Crippen LogP contribution in [0, 0.1) is 0 Å². The number of carbonyl (C=O) groups excluding carboxylic acids is 2. The molecule has 2 saturated heterocycles. The quantitative estimate of drug-likeness (QED) is 0.579. The minimum Gasteiger partial charge on any atom is -0.444 e. The van der Waals surface area contributed by atoms with Crippen molar-refractivity contribution in [2.75, 3.05) is 50.7 Å². The second kappa shape index (κ2) is 11.5. The van der Waals surface area contributed by atoms with Crippen molar-refractivity contribution in [1.82, 2.24) is 20.1 Å². The molecule has 0 radical (unpaired) electrons. The Hall–Kier alpha value is -2.56. The van der Waals surface area contributed by atoms with Gasteiger partial charge in [0.15, 0.2) is 0 Å². The predicted molar refractivity (Wildman–Crippen MR) is 126 cm³/mol. The van der Waals surface area contributed by atoms with Gasteiger partial charge in [-0.2, -0.15) is 13.2 Å². The number of piperazine rings is 1. The lowest BCUT2D eigenvalue weighted by Crippen LogP contribution is -2.48. The number of alkyl halides is 3. The van der Waals surface area contributed by atoms with E-state index in [1.165, 1.54) is 11.0 Å². The van der Waals surface area contributed by atoms with Crippen LogP contribution in [0.25, 0.3) is 0 Å². The van der Waals surface area contributed by atoms with Crippen molar-refractivity contribution in [3.05, 3.63) is 23.9 Å². The number of amides is 2. The van der Waals surface area contributed by atoms with E-state index in [0.29, 0.717) is 38.4 Å². The van der Waals surface area contributed by atoms with Gasteiger partial charge >= 0.3 is 12.3 Å². The van der Waals surface area contributed by atoms with Crippen molar-refractivity contribution in [3.63, 3.8) is 0 Å². The Balaban J connectivity index is 1.33. The van der Waals surface area contributed by atoms with Crippen molar-refractivity contribution in [1.29, 1.82) is 0 Å². The van der Waals surface area contributed by atoms with Crippen LogP contribution < -0.4 is 10.2 Å². The maximum atomic E-state index is 12.9. The molecule has 0 aromatic carbocycles. The van der Waals surface area contributed by atoms with Crippen LogP contribution in [0.5, 0.6) is 0 Å². The summed E-state index contributed by atoms with van der Waals surface area (Å²) in [6, 6.07) is 3.51. The topological polar surface area (TPSA) is 78.0 Å². The van der Waals surface area contributed by atoms with E-state index in [9.17, 15) is 22.8 Å². The summed E-state index contributed by atoms with van der Waals surface area (Å²) in [6.45, 7) is 10.1. The Morgan fingerprint density at radius 3 is 2.46 bits per heavy atom. The van der Waals surface area contributed by atoms with Crippen molar-refractivity contribution in [2.24, 2.45) is 0 Å². The first-order valence-corrected chi connectivity index (χ1v) is 12.2. The third-order valence-electron chi connectivity index (χ3n) is 6.10. The minimum atomic E-state index is -4.45. The van der Waals surface area contributed by atoms with E-state index in [1.807, 2.05) is 4.90 Å². The molecule has 0 bridgehead atoms. The van der Waals surface area contributed by atoms with E-state index in [1.54, 1.807) is 26.8 Å². The predicted octanol–water partition coefficient (Wildman–Crippen LogP) is 3.52. The maximum Gasteiger partial charge on any atom is 0.433 e. The van der Waals surface area contributed by atoms with Crippen LogP contribution in [0.15, 0.2) is 18.2 Å². The molecule has 35 heavy (non-hydrogen) atoms. The van der Waals surface area contributed by atoms with Gasteiger partial charge in [0.1, 0.15) is 23.2 Å². The van der Waals surface area contributed by atoms with Gasteiger partial charge in [-0.05, 0) is 65.1 Å². The molecule has 2 aliphatic heterocycles. The zero-order chi connectivity index (χ0) is 25.6. The van der Waals surface area contributed by atoms with Crippen molar-refractivity contribution in [2.45, 2.75) is 64.3 Å². The van der Waals surface area contributed by atoms with E-state index in [4.69, 9.17) is 4.74 Å². The molecule has 2 fully saturated rings. The number of rotatable bonds is 7. The highest BCUT2D eigenvalue weighted by atomic mass is 19.4. The third kappa shape index (κ3) is 7.98. The maximum absolute atomic E-state index is 12.9. The number of pyridine rings is 1. The first kappa shape index (κ1) is 27.0. The molecule has 8 nitrogen and oxygen atoms in total. The Morgan fingerprint density at radius 2 is 1.80 bits per heavy atom. The van der Waals surface area contributed by atoms with Crippen LogP contribution in [0.4, 0.5) is 23.8 Å². The molecule has 1 aromatic rings. The van der Waals surface area contributed by atoms with E-state index in [0.717, 1.165) is 45.0 Å². The van der Waals surface area contributed by atoms with Gasteiger partial charge in [-0.25, -0.2) is 9.78 Å². The highest BCUT2D eigenvalue weighted by Crippen LogP contribution is 2.29. The van der Waals surface area contributed by atoms with Crippen LogP contribution in [0.3, 0.4) is 0 Å². The zero-order valence-corrected chi connectivity index (χ0v) is 20.7. The standard InChI is InChI=1S/C24H36F3N5O3/c1-23(2,3)35-22(34)32-13-7-8-18(32)21(33)28-11-4-5-12-30-14-16-31(17-15-30)20-10-6-9-19(29-20)24(25,26)27/h6,9-10,18H,4-5,7-8,11-17H2,1-3H3,(H,28,33)/t18-/m0/s1. The van der Waals surface area contributed by atoms with Gasteiger partial charge in [-0.3, -0.25) is 14.6 Å². The molecule has 1 N–H and O–H groups in total. The summed E-state index contributed by atoms with van der Waals surface area (Å²) < 4.78 is 44.1. The second-order valence-corrected chi connectivity index (χ2v) is 10.0. The fourth-order valence-electron chi connectivity index (χ4n) is 4.33. The zero-order valence-electron chi connectivity index (χ0n) is 20.7. The van der Waals surface area contributed by atoms with Crippen molar-refractivity contribution >= 4 is 17.8 Å². The molecule has 0 unspecified atom stereocenters. The van der Waals surface area contributed by atoms with E-state index in [2.05, 4.69) is 15.2 Å². The number of carbonyl (C=O) groups is 2. The van der Waals surface area contributed by atoms with E-state index in [-0.39, 0.29) is 5.91 Å². The van der Waals surface area contributed by atoms with Gasteiger partial charge in [0.05, 0.1) is 0 Å². The summed E-state index contributed by atoms with van der Waals surface area (Å²) in [5.41, 5.74) is -1.47. The summed E-state index contributed by atoms with van der Waals surface area (Å²) >= 11 is 0. The lowest BCUT2D eigenvalue weighted by molar-refractivity contribution is -0.141. The average Bonchev–Trinajstić information content (AvgIpc) is 3.28. The van der Waals surface area contributed by atoms with Crippen LogP contribution in [-0.4, -0.2) is 84.2 Å². The van der Waals surface area contributed by atoms with Gasteiger partial charge in [-0.15, -0.1) is 0 Å². The van der Waals surface area contributed by atoms with Gasteiger partial charge in [0, 0.05) is 39.3 Å². The van der Waals surface area contributed by atoms with E-state index >= 15 is 0 Å². The second-order valence-electron chi connectivity index (χ2n) is 10.0. The van der Waals surface area contributed by atoms with Gasteiger partial charge in [-0.1, -0.05) is 6.07 Å². The molecule has 3 rings (SSSR count). The lowest BCUT2D eigenvalue weighted by Gasteiger charge is -2.35. The molecule has 0 spiro atoms. The van der Waals surface area contributed by atoms with Gasteiger partial charge in [0.2, 0.25) is 5.91 Å². The average molecular weight is 500 g/mol. The summed E-state index contributed by atoms with van der Waals surface area (Å²) in [5.74, 6) is 0.213. The smallest absolute Gasteiger partial charge is 0.433 e. The molecule has 3 heterocycles. The van der Waals surface area contributed by atoms with Crippen molar-refractivity contribution < 1.29 is 27.5 Å². The first-order chi connectivity index (χ1) is 16.4. The number of hydrogen-bond acceptors (Lipinski definition) is 6. The SMILES string of the molecule is CC(C)(C)OC(=O)N1CCC[C@H]1C(=O)NCCCCN1CCN(c2cccc(C(F)(F)F)n2)CC1. The van der Waals surface area contributed by atoms with Crippen LogP contribution in [0.2, 0.25) is 0 Å². The molecule has 2 amide bonds. The molecule has 11 heteroatoms. The van der Waals surface area contributed by atoms with Crippen molar-refractivity contribution in [3.8, 4) is 0 Å². The third-order valence-corrected chi connectivity index (χ3v) is 6.10. The lowest BCUT2D eigenvalue weighted by atomic mass is 10.2. The number of nitrogens with one attached hydrogen (secondary N) is 1. The van der Waals surface area contributed by atoms with Crippen LogP contribution >= 0.6 is 0 Å². The van der Waals surface area contributed by atoms with Gasteiger partial charge < -0.3 is 15.0 Å². The van der Waals surface area contributed by atoms with E-state index < -0.39 is 29.6 Å². The molecular formula is C24H36F3N5O3. The Kier molecular flexibility index (Phi) is 8.84. The number of anilines is 1. The Morgan fingerprint density at radius 1 is 1.09 bits per heavy atom. The number of nitrogens with zero attached hydrogens (tertiary/aromatic N) is 4. The fraction of sp³-hybridized carbons (Fsp3) is 0.708. The summed E-state index contributed by atoms with van der Waals surface area (Å²) in [5, 5.41) is 2.94. The van der Waals surface area contributed by atoms with Crippen LogP contribution in [-0.2, 0) is 15.7 Å². The number of unbranched alkanes of at least 4 members (excludes halogenated alkanes) is 1. The minimum absolute atomic E-state index is 0.143. The molecule has 0 saturated carbocycles. The molecule has 196 valence electrons. The molecule has 2 aliphatic rings. The van der Waals surface area contributed by atoms with Gasteiger partial charge in [0.25, 0.3) is 0 Å². The number of ether oxygens (including phenoxy) is 1. The van der Waals surface area contributed by atoms with Crippen LogP contribution in [0.1, 0.15) is 52.1 Å². The normalized spacial score (nSPS) is 19.7. The Bertz CT molecular complexity index is 867. The highest BCUT2D eigenvalue weighted by molar-refractivity contribution is 5.86. The molecule has 1 aromatic heterocycles. The number of hydrogen-bond donors (Lipinski definition) is 1. The number of aromatic nitrogens is 1. The summed E-state index contributed by atoms with van der Waals surface area (Å²) in [6.07, 6.45) is -1.79. The largest absolute Gasteiger partial charge is 0.444 e. The first-order valence-electron chi connectivity index (χ1n) is 12.2. The number of halogens is 3.